The van der Waals surface area contributed by atoms with Gasteiger partial charge in [-0.2, -0.15) is 5.26 Å². The highest BCUT2D eigenvalue weighted by Gasteiger charge is 2.23. The Kier molecular flexibility index (Phi) is 2.62. The Morgan fingerprint density at radius 1 is 1.46 bits per heavy atom. The van der Waals surface area contributed by atoms with Crippen molar-refractivity contribution < 1.29 is 0 Å². The topological polar surface area (TPSA) is 39.1 Å². The van der Waals surface area contributed by atoms with Crippen LogP contribution in [0.25, 0.3) is 0 Å². The Bertz CT molecular complexity index is 245. The summed E-state index contributed by atoms with van der Waals surface area (Å²) in [5.41, 5.74) is 0.975. The van der Waals surface area contributed by atoms with Crippen LogP contribution >= 0.6 is 0 Å². The maximum atomic E-state index is 8.73. The molecular formula is C10H15N3. The van der Waals surface area contributed by atoms with E-state index < -0.39 is 0 Å². The van der Waals surface area contributed by atoms with Crippen molar-refractivity contribution in [1.29, 1.82) is 5.26 Å². The third-order valence-corrected chi connectivity index (χ3v) is 2.87. The lowest BCUT2D eigenvalue weighted by Gasteiger charge is -2.31. The lowest BCUT2D eigenvalue weighted by molar-refractivity contribution is 0.200. The molecule has 0 spiro atoms. The van der Waals surface area contributed by atoms with Crippen LogP contribution in [0, 0.1) is 11.3 Å². The first-order valence-corrected chi connectivity index (χ1v) is 4.96. The molecule has 0 bridgehead atoms. The first kappa shape index (κ1) is 8.74. The Hall–Kier alpha value is -0.850. The predicted octanol–water partition coefficient (Wildman–Crippen LogP) is 0.504. The molecule has 0 amide bonds. The second-order valence-electron chi connectivity index (χ2n) is 3.70. The van der Waals surface area contributed by atoms with E-state index in [1.54, 1.807) is 0 Å². The van der Waals surface area contributed by atoms with Crippen LogP contribution in [0.2, 0.25) is 0 Å². The SMILES string of the molecule is N#CC1=CC(N2CCNCC2)CC1. The predicted molar refractivity (Wildman–Crippen MR) is 51.2 cm³/mol. The quantitative estimate of drug-likeness (QED) is 0.634. The summed E-state index contributed by atoms with van der Waals surface area (Å²) in [6.45, 7) is 4.43. The number of hydrogen-bond acceptors (Lipinski definition) is 3. The number of nitriles is 1. The molecule has 1 N–H and O–H groups in total. The van der Waals surface area contributed by atoms with E-state index >= 15 is 0 Å². The maximum absolute atomic E-state index is 8.73. The van der Waals surface area contributed by atoms with Gasteiger partial charge in [-0.15, -0.1) is 0 Å². The van der Waals surface area contributed by atoms with Crippen molar-refractivity contribution in [2.45, 2.75) is 18.9 Å². The molecule has 1 saturated heterocycles. The van der Waals surface area contributed by atoms with Crippen molar-refractivity contribution in [2.75, 3.05) is 26.2 Å². The van der Waals surface area contributed by atoms with Crippen LogP contribution in [0.4, 0.5) is 0 Å². The summed E-state index contributed by atoms with van der Waals surface area (Å²) in [6, 6.07) is 2.79. The Labute approximate surface area is 79.0 Å². The number of hydrogen-bond donors (Lipinski definition) is 1. The molecule has 13 heavy (non-hydrogen) atoms. The third kappa shape index (κ3) is 1.90. The largest absolute Gasteiger partial charge is 0.314 e. The summed E-state index contributed by atoms with van der Waals surface area (Å²) >= 11 is 0. The monoisotopic (exact) mass is 177 g/mol. The molecule has 2 aliphatic rings. The fraction of sp³-hybridized carbons (Fsp3) is 0.700. The molecule has 0 saturated carbocycles. The second kappa shape index (κ2) is 3.91. The molecule has 1 unspecified atom stereocenters. The highest BCUT2D eigenvalue weighted by Crippen LogP contribution is 2.22. The van der Waals surface area contributed by atoms with Crippen LogP contribution in [-0.4, -0.2) is 37.1 Å². The number of rotatable bonds is 1. The fourth-order valence-corrected chi connectivity index (χ4v) is 2.10. The zero-order valence-corrected chi connectivity index (χ0v) is 7.79. The molecule has 1 atom stereocenters. The van der Waals surface area contributed by atoms with E-state index in [-0.39, 0.29) is 0 Å². The van der Waals surface area contributed by atoms with Gasteiger partial charge in [0.2, 0.25) is 0 Å². The van der Waals surface area contributed by atoms with Gasteiger partial charge in [-0.1, -0.05) is 6.08 Å². The van der Waals surface area contributed by atoms with Gasteiger partial charge in [0.15, 0.2) is 0 Å². The van der Waals surface area contributed by atoms with E-state index in [0.29, 0.717) is 6.04 Å². The molecule has 1 aliphatic heterocycles. The standard InChI is InChI=1S/C10H15N3/c11-8-9-1-2-10(7-9)13-5-3-12-4-6-13/h7,10,12H,1-6H2. The number of nitrogens with zero attached hydrogens (tertiary/aromatic N) is 2. The average molecular weight is 177 g/mol. The lowest BCUT2D eigenvalue weighted by Crippen LogP contribution is -2.47. The molecule has 3 heteroatoms. The Morgan fingerprint density at radius 3 is 2.85 bits per heavy atom. The van der Waals surface area contributed by atoms with E-state index in [0.717, 1.165) is 44.6 Å². The molecule has 3 nitrogen and oxygen atoms in total. The molecule has 0 aromatic carbocycles. The maximum Gasteiger partial charge on any atom is 0.0944 e. The molecule has 0 aromatic rings. The number of nitrogens with one attached hydrogen (secondary N) is 1. The van der Waals surface area contributed by atoms with Gasteiger partial charge in [-0.3, -0.25) is 4.90 Å². The summed E-state index contributed by atoms with van der Waals surface area (Å²) in [6.07, 6.45) is 4.26. The minimum atomic E-state index is 0.539. The molecule has 0 aromatic heterocycles. The Balaban J connectivity index is 1.94. The zero-order valence-electron chi connectivity index (χ0n) is 7.79. The molecule has 70 valence electrons. The minimum Gasteiger partial charge on any atom is -0.314 e. The third-order valence-electron chi connectivity index (χ3n) is 2.87. The average Bonchev–Trinajstić information content (AvgIpc) is 2.67. The molecular weight excluding hydrogens is 162 g/mol. The summed E-state index contributed by atoms with van der Waals surface area (Å²) in [5, 5.41) is 12.1. The Morgan fingerprint density at radius 2 is 2.23 bits per heavy atom. The van der Waals surface area contributed by atoms with Gasteiger partial charge in [0.25, 0.3) is 0 Å². The van der Waals surface area contributed by atoms with E-state index in [4.69, 9.17) is 5.26 Å². The summed E-state index contributed by atoms with van der Waals surface area (Å²) < 4.78 is 0. The first-order chi connectivity index (χ1) is 6.40. The van der Waals surface area contributed by atoms with E-state index in [9.17, 15) is 0 Å². The van der Waals surface area contributed by atoms with Crippen molar-refractivity contribution in [3.63, 3.8) is 0 Å². The van der Waals surface area contributed by atoms with Crippen LogP contribution in [0.5, 0.6) is 0 Å². The van der Waals surface area contributed by atoms with Crippen molar-refractivity contribution in [3.8, 4) is 6.07 Å². The highest BCUT2D eigenvalue weighted by molar-refractivity contribution is 5.27. The summed E-state index contributed by atoms with van der Waals surface area (Å²) in [7, 11) is 0. The van der Waals surface area contributed by atoms with Crippen LogP contribution in [0.15, 0.2) is 11.6 Å². The zero-order chi connectivity index (χ0) is 9.10. The minimum absolute atomic E-state index is 0.539. The first-order valence-electron chi connectivity index (χ1n) is 4.96. The van der Waals surface area contributed by atoms with Crippen molar-refractivity contribution in [3.05, 3.63) is 11.6 Å². The van der Waals surface area contributed by atoms with Crippen molar-refractivity contribution in [2.24, 2.45) is 0 Å². The van der Waals surface area contributed by atoms with Crippen LogP contribution in [0.3, 0.4) is 0 Å². The van der Waals surface area contributed by atoms with Gasteiger partial charge < -0.3 is 5.32 Å². The van der Waals surface area contributed by atoms with Gasteiger partial charge in [0.05, 0.1) is 6.07 Å². The summed E-state index contributed by atoms with van der Waals surface area (Å²) in [5.74, 6) is 0. The van der Waals surface area contributed by atoms with Gasteiger partial charge in [0.1, 0.15) is 0 Å². The van der Waals surface area contributed by atoms with Crippen molar-refractivity contribution in [1.82, 2.24) is 10.2 Å². The van der Waals surface area contributed by atoms with Crippen molar-refractivity contribution >= 4 is 0 Å². The van der Waals surface area contributed by atoms with Gasteiger partial charge in [-0.25, -0.2) is 0 Å². The summed E-state index contributed by atoms with van der Waals surface area (Å²) in [4.78, 5) is 2.47. The van der Waals surface area contributed by atoms with E-state index in [1.165, 1.54) is 0 Å². The van der Waals surface area contributed by atoms with Gasteiger partial charge >= 0.3 is 0 Å². The lowest BCUT2D eigenvalue weighted by atomic mass is 10.2. The van der Waals surface area contributed by atoms with E-state index in [2.05, 4.69) is 22.4 Å². The highest BCUT2D eigenvalue weighted by atomic mass is 15.2. The fourth-order valence-electron chi connectivity index (χ4n) is 2.10. The van der Waals surface area contributed by atoms with Crippen LogP contribution in [0.1, 0.15) is 12.8 Å². The number of piperazine rings is 1. The molecule has 0 radical (unpaired) electrons. The van der Waals surface area contributed by atoms with Crippen LogP contribution < -0.4 is 5.32 Å². The molecule has 1 heterocycles. The smallest absolute Gasteiger partial charge is 0.0944 e. The normalized spacial score (nSPS) is 29.8. The van der Waals surface area contributed by atoms with Gasteiger partial charge in [-0.05, 0) is 12.8 Å². The molecule has 2 rings (SSSR count). The second-order valence-corrected chi connectivity index (χ2v) is 3.70. The molecule has 1 fully saturated rings. The number of allylic oxidation sites excluding steroid dienone is 1. The van der Waals surface area contributed by atoms with Gasteiger partial charge in [0, 0.05) is 37.8 Å². The van der Waals surface area contributed by atoms with E-state index in [1.807, 2.05) is 0 Å². The molecule has 1 aliphatic carbocycles. The van der Waals surface area contributed by atoms with Crippen LogP contribution in [-0.2, 0) is 0 Å².